The molecular weight excluding hydrogens is 397 g/mol. The topological polar surface area (TPSA) is 30.5 Å². The lowest BCUT2D eigenvalue weighted by Gasteiger charge is -2.16. The molecule has 0 saturated carbocycles. The molecule has 2 aromatic rings. The molecule has 0 unspecified atom stereocenters. The number of hydrogen-bond donors (Lipinski definition) is 1. The molecule has 5 heteroatoms. The van der Waals surface area contributed by atoms with Gasteiger partial charge in [-0.05, 0) is 59.6 Å². The maximum atomic E-state index is 13.8. The molecular formula is C21H27BrFNO2. The third-order valence-electron chi connectivity index (χ3n) is 3.99. The normalized spacial score (nSPS) is 10.8. The Kier molecular flexibility index (Phi) is 8.92. The summed E-state index contributed by atoms with van der Waals surface area (Å²) in [5.41, 5.74) is 1.64. The second-order valence-corrected chi connectivity index (χ2v) is 6.96. The maximum absolute atomic E-state index is 13.8. The van der Waals surface area contributed by atoms with E-state index in [9.17, 15) is 4.39 Å². The Hall–Kier alpha value is -1.59. The molecule has 2 rings (SSSR count). The van der Waals surface area contributed by atoms with Gasteiger partial charge in [0.15, 0.2) is 11.5 Å². The van der Waals surface area contributed by atoms with E-state index in [-0.39, 0.29) is 12.4 Å². The van der Waals surface area contributed by atoms with Crippen molar-refractivity contribution in [1.29, 1.82) is 0 Å². The summed E-state index contributed by atoms with van der Waals surface area (Å²) in [6.07, 6.45) is 3.64. The van der Waals surface area contributed by atoms with Crippen molar-refractivity contribution in [3.8, 4) is 11.5 Å². The lowest BCUT2D eigenvalue weighted by Crippen LogP contribution is -2.15. The highest BCUT2D eigenvalue weighted by molar-refractivity contribution is 9.10. The van der Waals surface area contributed by atoms with E-state index in [1.807, 2.05) is 19.1 Å². The van der Waals surface area contributed by atoms with E-state index < -0.39 is 0 Å². The molecule has 0 saturated heterocycles. The van der Waals surface area contributed by atoms with Gasteiger partial charge in [0.1, 0.15) is 12.4 Å². The zero-order valence-corrected chi connectivity index (χ0v) is 17.1. The van der Waals surface area contributed by atoms with Gasteiger partial charge in [-0.15, -0.1) is 0 Å². The van der Waals surface area contributed by atoms with Crippen LogP contribution < -0.4 is 14.8 Å². The smallest absolute Gasteiger partial charge is 0.175 e. The van der Waals surface area contributed by atoms with Crippen molar-refractivity contribution in [1.82, 2.24) is 5.32 Å². The van der Waals surface area contributed by atoms with E-state index in [1.54, 1.807) is 18.2 Å². The Balaban J connectivity index is 2.06. The summed E-state index contributed by atoms with van der Waals surface area (Å²) < 4.78 is 26.2. The molecule has 0 aliphatic carbocycles. The third kappa shape index (κ3) is 6.29. The first-order valence-electron chi connectivity index (χ1n) is 9.17. The van der Waals surface area contributed by atoms with Gasteiger partial charge in [0.05, 0.1) is 11.1 Å². The van der Waals surface area contributed by atoms with Crippen LogP contribution in [-0.2, 0) is 13.2 Å². The highest BCUT2D eigenvalue weighted by atomic mass is 79.9. The zero-order valence-electron chi connectivity index (χ0n) is 15.5. The molecule has 26 heavy (non-hydrogen) atoms. The molecule has 0 aliphatic rings. The molecule has 3 nitrogen and oxygen atoms in total. The number of ether oxygens (including phenoxy) is 2. The number of halogens is 2. The molecule has 0 aromatic heterocycles. The lowest BCUT2D eigenvalue weighted by atomic mass is 10.2. The Morgan fingerprint density at radius 2 is 1.88 bits per heavy atom. The van der Waals surface area contributed by atoms with Crippen molar-refractivity contribution in [2.24, 2.45) is 0 Å². The summed E-state index contributed by atoms with van der Waals surface area (Å²) in [5.74, 6) is 1.00. The van der Waals surface area contributed by atoms with Crippen LogP contribution in [0.1, 0.15) is 44.2 Å². The average molecular weight is 424 g/mol. The molecule has 0 heterocycles. The molecule has 1 N–H and O–H groups in total. The SMILES string of the molecule is CCCCCNCc1cc(Br)c(OCc2ccccc2F)c(OCC)c1. The fourth-order valence-corrected chi connectivity index (χ4v) is 3.23. The molecule has 0 bridgehead atoms. The van der Waals surface area contributed by atoms with Crippen LogP contribution in [-0.4, -0.2) is 13.2 Å². The van der Waals surface area contributed by atoms with E-state index in [1.165, 1.54) is 25.3 Å². The number of rotatable bonds is 11. The number of hydrogen-bond acceptors (Lipinski definition) is 3. The van der Waals surface area contributed by atoms with E-state index in [2.05, 4.69) is 28.2 Å². The van der Waals surface area contributed by atoms with Crippen molar-refractivity contribution in [2.75, 3.05) is 13.2 Å². The third-order valence-corrected chi connectivity index (χ3v) is 4.57. The van der Waals surface area contributed by atoms with Crippen LogP contribution in [0.3, 0.4) is 0 Å². The first-order chi connectivity index (χ1) is 12.7. The van der Waals surface area contributed by atoms with E-state index in [4.69, 9.17) is 9.47 Å². The van der Waals surface area contributed by atoms with Crippen molar-refractivity contribution in [3.63, 3.8) is 0 Å². The van der Waals surface area contributed by atoms with Gasteiger partial charge in [-0.1, -0.05) is 38.0 Å². The van der Waals surface area contributed by atoms with Crippen LogP contribution in [0.5, 0.6) is 11.5 Å². The van der Waals surface area contributed by atoms with Gasteiger partial charge in [-0.3, -0.25) is 0 Å². The molecule has 142 valence electrons. The zero-order chi connectivity index (χ0) is 18.8. The van der Waals surface area contributed by atoms with Crippen LogP contribution in [0.4, 0.5) is 4.39 Å². The first kappa shape index (κ1) is 20.7. The number of benzene rings is 2. The molecule has 0 spiro atoms. The van der Waals surface area contributed by atoms with Gasteiger partial charge in [-0.2, -0.15) is 0 Å². The fraction of sp³-hybridized carbons (Fsp3) is 0.429. The minimum Gasteiger partial charge on any atom is -0.490 e. The Morgan fingerprint density at radius 3 is 2.62 bits per heavy atom. The first-order valence-corrected chi connectivity index (χ1v) is 9.97. The predicted octanol–water partition coefficient (Wildman–Crippen LogP) is 5.85. The second-order valence-electron chi connectivity index (χ2n) is 6.10. The summed E-state index contributed by atoms with van der Waals surface area (Å²) in [6, 6.07) is 10.6. The molecule has 0 amide bonds. The highest BCUT2D eigenvalue weighted by Crippen LogP contribution is 2.37. The minimum absolute atomic E-state index is 0.153. The quantitative estimate of drug-likeness (QED) is 0.460. The molecule has 2 aromatic carbocycles. The molecule has 0 atom stereocenters. The van der Waals surface area contributed by atoms with E-state index in [0.717, 1.165) is 23.1 Å². The molecule has 0 radical (unpaired) electrons. The Bertz CT molecular complexity index is 694. The van der Waals surface area contributed by atoms with Crippen LogP contribution in [0, 0.1) is 5.82 Å². The van der Waals surface area contributed by atoms with Crippen LogP contribution >= 0.6 is 15.9 Å². The van der Waals surface area contributed by atoms with Crippen molar-refractivity contribution in [2.45, 2.75) is 46.3 Å². The fourth-order valence-electron chi connectivity index (χ4n) is 2.62. The summed E-state index contributed by atoms with van der Waals surface area (Å²) in [7, 11) is 0. The number of unbranched alkanes of at least 4 members (excludes halogenated alkanes) is 2. The lowest BCUT2D eigenvalue weighted by molar-refractivity contribution is 0.264. The molecule has 0 aliphatic heterocycles. The summed E-state index contributed by atoms with van der Waals surface area (Å²) >= 11 is 3.57. The average Bonchev–Trinajstić information content (AvgIpc) is 2.62. The van der Waals surface area contributed by atoms with Gasteiger partial charge in [0, 0.05) is 12.1 Å². The molecule has 0 fully saturated rings. The van der Waals surface area contributed by atoms with Crippen LogP contribution in [0.2, 0.25) is 0 Å². The van der Waals surface area contributed by atoms with E-state index >= 15 is 0 Å². The van der Waals surface area contributed by atoms with Gasteiger partial charge in [-0.25, -0.2) is 4.39 Å². The Morgan fingerprint density at radius 1 is 1.08 bits per heavy atom. The minimum atomic E-state index is -0.269. The monoisotopic (exact) mass is 423 g/mol. The van der Waals surface area contributed by atoms with Crippen LogP contribution in [0.15, 0.2) is 40.9 Å². The second kappa shape index (κ2) is 11.2. The van der Waals surface area contributed by atoms with Crippen molar-refractivity contribution >= 4 is 15.9 Å². The van der Waals surface area contributed by atoms with Gasteiger partial charge < -0.3 is 14.8 Å². The van der Waals surface area contributed by atoms with E-state index in [0.29, 0.717) is 23.7 Å². The predicted molar refractivity (Wildman–Crippen MR) is 107 cm³/mol. The van der Waals surface area contributed by atoms with Gasteiger partial charge in [0.25, 0.3) is 0 Å². The van der Waals surface area contributed by atoms with Crippen LogP contribution in [0.25, 0.3) is 0 Å². The highest BCUT2D eigenvalue weighted by Gasteiger charge is 2.13. The maximum Gasteiger partial charge on any atom is 0.175 e. The summed E-state index contributed by atoms with van der Waals surface area (Å²) in [5, 5.41) is 3.45. The van der Waals surface area contributed by atoms with Gasteiger partial charge in [0.2, 0.25) is 0 Å². The van der Waals surface area contributed by atoms with Crippen molar-refractivity contribution in [3.05, 3.63) is 57.8 Å². The number of nitrogens with one attached hydrogen (secondary N) is 1. The van der Waals surface area contributed by atoms with Crippen molar-refractivity contribution < 1.29 is 13.9 Å². The Labute approximate surface area is 164 Å². The largest absolute Gasteiger partial charge is 0.490 e. The standard InChI is InChI=1S/C21H27BrFNO2/c1-3-5-8-11-24-14-16-12-18(22)21(20(13-16)25-4-2)26-15-17-9-6-7-10-19(17)23/h6-7,9-10,12-13,24H,3-5,8,11,14-15H2,1-2H3. The summed E-state index contributed by atoms with van der Waals surface area (Å²) in [6.45, 7) is 6.60. The van der Waals surface area contributed by atoms with Gasteiger partial charge >= 0.3 is 0 Å². The summed E-state index contributed by atoms with van der Waals surface area (Å²) in [4.78, 5) is 0.